The number of aliphatic hydroxyl groups is 2. The molecule has 1 amide bonds. The molecule has 3 aliphatic rings. The van der Waals surface area contributed by atoms with Gasteiger partial charge in [0.25, 0.3) is 5.91 Å². The monoisotopic (exact) mass is 456 g/mol. The second kappa shape index (κ2) is 9.68. The topological polar surface area (TPSA) is 141 Å². The van der Waals surface area contributed by atoms with Gasteiger partial charge in [0, 0.05) is 5.56 Å². The van der Waals surface area contributed by atoms with Crippen LogP contribution in [0.25, 0.3) is 0 Å². The zero-order chi connectivity index (χ0) is 22.3. The number of fused-ring (bicyclic) bond motifs is 2. The van der Waals surface area contributed by atoms with Crippen molar-refractivity contribution in [3.8, 4) is 0 Å². The summed E-state index contributed by atoms with van der Waals surface area (Å²) in [6, 6.07) is 3.90. The van der Waals surface area contributed by atoms with Crippen molar-refractivity contribution in [1.82, 2.24) is 10.6 Å². The largest absolute Gasteiger partial charge is 0.412 e. The molecule has 1 aromatic carbocycles. The number of amides is 1. The minimum Gasteiger partial charge on any atom is -0.412 e. The number of likely N-dealkylation sites (N-methyl/N-ethyl adjacent to an activating group) is 1. The second-order valence-electron chi connectivity index (χ2n) is 8.77. The predicted octanol–water partition coefficient (Wildman–Crippen LogP) is 0.0857. The lowest BCUT2D eigenvalue weighted by molar-refractivity contribution is -0.443. The molecule has 9 nitrogen and oxygen atoms in total. The van der Waals surface area contributed by atoms with Crippen LogP contribution in [0.1, 0.15) is 43.5 Å². The van der Waals surface area contributed by atoms with Crippen LogP contribution in [0.15, 0.2) is 24.3 Å². The summed E-state index contributed by atoms with van der Waals surface area (Å²) in [5.74, 6) is -2.80. The third-order valence-corrected chi connectivity index (χ3v) is 6.76. The van der Waals surface area contributed by atoms with Crippen LogP contribution < -0.4 is 10.6 Å². The van der Waals surface area contributed by atoms with Gasteiger partial charge in [0.2, 0.25) is 12.1 Å². The standard InChI is InChI=1S/C22H31FN2O6.H2O/c1-4-12-10-15-19(17(24-3)18(12)26)31-22(28)16(9-11(2)29-21(22)30-15)25-20(27)13-5-7-14(23)8-6-13;/h5-8,11-12,15-19,21,24,26,28H,4,9-10H2,1-3H3,(H,25,27);1H2/t11-,12+,15?,16-,17+,18+,19?,21?,22+;/m1./s1. The van der Waals surface area contributed by atoms with Crippen LogP contribution >= 0.6 is 0 Å². The first-order chi connectivity index (χ1) is 14.8. The molecular weight excluding hydrogens is 423 g/mol. The maximum absolute atomic E-state index is 13.2. The maximum atomic E-state index is 13.2. The summed E-state index contributed by atoms with van der Waals surface area (Å²) in [5.41, 5.74) is 0.266. The number of carbonyl (C=O) groups excluding carboxylic acids is 1. The fraction of sp³-hybridized carbons (Fsp3) is 0.682. The SMILES string of the molecule is CC[C@H]1CC2OC3O[C@H](C)C[C@@H](NC(=O)c4ccc(F)cc4)[C@]3(O)OC2[C@@H](NC)[C@H]1O.O. The molecule has 3 fully saturated rings. The van der Waals surface area contributed by atoms with E-state index in [9.17, 15) is 19.4 Å². The van der Waals surface area contributed by atoms with Crippen molar-refractivity contribution >= 4 is 5.91 Å². The van der Waals surface area contributed by atoms with Crippen LogP contribution in [-0.4, -0.2) is 77.2 Å². The number of hydrogen-bond acceptors (Lipinski definition) is 7. The second-order valence-corrected chi connectivity index (χ2v) is 8.77. The molecule has 2 aliphatic heterocycles. The van der Waals surface area contributed by atoms with Crippen molar-refractivity contribution in [2.45, 2.75) is 81.7 Å². The summed E-state index contributed by atoms with van der Waals surface area (Å²) in [6.45, 7) is 3.85. The lowest BCUT2D eigenvalue weighted by atomic mass is 9.77. The number of ether oxygens (including phenoxy) is 3. The number of carbonyl (C=O) groups is 1. The van der Waals surface area contributed by atoms with Gasteiger partial charge >= 0.3 is 0 Å². The highest BCUT2D eigenvalue weighted by atomic mass is 19.1. The zero-order valence-corrected chi connectivity index (χ0v) is 18.5. The first-order valence-electron chi connectivity index (χ1n) is 10.9. The van der Waals surface area contributed by atoms with Gasteiger partial charge in [-0.2, -0.15) is 0 Å². The molecule has 1 saturated carbocycles. The first kappa shape index (κ1) is 25.0. The minimum absolute atomic E-state index is 0. The number of benzene rings is 1. The van der Waals surface area contributed by atoms with E-state index in [-0.39, 0.29) is 29.2 Å². The molecule has 0 radical (unpaired) electrons. The Labute approximate surface area is 186 Å². The van der Waals surface area contributed by atoms with Gasteiger partial charge < -0.3 is 40.5 Å². The molecule has 0 aromatic heterocycles. The van der Waals surface area contributed by atoms with Crippen LogP contribution in [0.5, 0.6) is 0 Å². The van der Waals surface area contributed by atoms with Crippen LogP contribution in [0, 0.1) is 11.7 Å². The normalized spacial score (nSPS) is 41.1. The highest BCUT2D eigenvalue weighted by Crippen LogP contribution is 2.43. The summed E-state index contributed by atoms with van der Waals surface area (Å²) in [4.78, 5) is 12.8. The smallest absolute Gasteiger partial charge is 0.251 e. The van der Waals surface area contributed by atoms with Crippen LogP contribution in [0.4, 0.5) is 4.39 Å². The molecule has 32 heavy (non-hydrogen) atoms. The van der Waals surface area contributed by atoms with E-state index in [4.69, 9.17) is 14.2 Å². The van der Waals surface area contributed by atoms with E-state index in [1.807, 2.05) is 13.8 Å². The Hall–Kier alpha value is -1.66. The molecule has 6 N–H and O–H groups in total. The molecule has 2 heterocycles. The Morgan fingerprint density at radius 1 is 1.25 bits per heavy atom. The highest BCUT2D eigenvalue weighted by Gasteiger charge is 2.61. The van der Waals surface area contributed by atoms with Gasteiger partial charge in [-0.1, -0.05) is 13.3 Å². The summed E-state index contributed by atoms with van der Waals surface area (Å²) in [5, 5.41) is 28.2. The van der Waals surface area contributed by atoms with Crippen molar-refractivity contribution in [1.29, 1.82) is 0 Å². The van der Waals surface area contributed by atoms with Crippen molar-refractivity contribution in [3.63, 3.8) is 0 Å². The number of rotatable bonds is 4. The third-order valence-electron chi connectivity index (χ3n) is 6.76. The Morgan fingerprint density at radius 2 is 1.94 bits per heavy atom. The van der Waals surface area contributed by atoms with E-state index in [1.54, 1.807) is 7.05 Å². The van der Waals surface area contributed by atoms with Gasteiger partial charge in [0.1, 0.15) is 11.9 Å². The molecule has 0 spiro atoms. The molecule has 3 unspecified atom stereocenters. The number of nitrogens with one attached hydrogen (secondary N) is 2. The van der Waals surface area contributed by atoms with Gasteiger partial charge in [-0.25, -0.2) is 4.39 Å². The third kappa shape index (κ3) is 4.41. The van der Waals surface area contributed by atoms with E-state index in [0.29, 0.717) is 12.8 Å². The van der Waals surface area contributed by atoms with Gasteiger partial charge in [0.05, 0.1) is 30.4 Å². The maximum Gasteiger partial charge on any atom is 0.251 e. The average Bonchev–Trinajstić information content (AvgIpc) is 2.73. The summed E-state index contributed by atoms with van der Waals surface area (Å²) in [7, 11) is 1.73. The summed E-state index contributed by atoms with van der Waals surface area (Å²) in [6.07, 6.45) is -1.35. The van der Waals surface area contributed by atoms with Crippen LogP contribution in [0.2, 0.25) is 0 Å². The van der Waals surface area contributed by atoms with Gasteiger partial charge in [-0.3, -0.25) is 4.79 Å². The number of halogens is 1. The van der Waals surface area contributed by atoms with Crippen molar-refractivity contribution < 1.29 is 39.1 Å². The van der Waals surface area contributed by atoms with Gasteiger partial charge in [-0.05, 0) is 57.0 Å². The van der Waals surface area contributed by atoms with Crippen molar-refractivity contribution in [2.24, 2.45) is 5.92 Å². The fourth-order valence-corrected chi connectivity index (χ4v) is 4.99. The molecule has 10 heteroatoms. The van der Waals surface area contributed by atoms with E-state index in [0.717, 1.165) is 6.42 Å². The number of hydrogen-bond donors (Lipinski definition) is 4. The number of aliphatic hydroxyl groups excluding tert-OH is 1. The van der Waals surface area contributed by atoms with Gasteiger partial charge in [-0.15, -0.1) is 0 Å². The van der Waals surface area contributed by atoms with E-state index in [2.05, 4.69) is 10.6 Å². The van der Waals surface area contributed by atoms with E-state index in [1.165, 1.54) is 24.3 Å². The summed E-state index contributed by atoms with van der Waals surface area (Å²) >= 11 is 0. The molecule has 2 saturated heterocycles. The molecule has 4 rings (SSSR count). The highest BCUT2D eigenvalue weighted by molar-refractivity contribution is 5.94. The summed E-state index contributed by atoms with van der Waals surface area (Å²) < 4.78 is 31.4. The lowest BCUT2D eigenvalue weighted by Crippen LogP contribution is -2.75. The van der Waals surface area contributed by atoms with E-state index < -0.39 is 48.1 Å². The molecule has 180 valence electrons. The molecule has 1 aromatic rings. The minimum atomic E-state index is -1.93. The predicted molar refractivity (Wildman–Crippen MR) is 112 cm³/mol. The van der Waals surface area contributed by atoms with Crippen LogP contribution in [-0.2, 0) is 14.2 Å². The zero-order valence-electron chi connectivity index (χ0n) is 18.5. The Balaban J connectivity index is 0.00000289. The fourth-order valence-electron chi connectivity index (χ4n) is 4.99. The van der Waals surface area contributed by atoms with Crippen LogP contribution in [0.3, 0.4) is 0 Å². The molecule has 9 atom stereocenters. The lowest BCUT2D eigenvalue weighted by Gasteiger charge is -2.57. The molecular formula is C22H33FN2O7. The Kier molecular flexibility index (Phi) is 7.55. The van der Waals surface area contributed by atoms with Gasteiger partial charge in [0.15, 0.2) is 0 Å². The van der Waals surface area contributed by atoms with E-state index >= 15 is 0 Å². The average molecular weight is 457 g/mol. The Morgan fingerprint density at radius 3 is 2.56 bits per heavy atom. The molecule has 0 bridgehead atoms. The molecule has 1 aliphatic carbocycles. The first-order valence-corrected chi connectivity index (χ1v) is 10.9. The van der Waals surface area contributed by atoms with Crippen molar-refractivity contribution in [2.75, 3.05) is 7.05 Å². The quantitative estimate of drug-likeness (QED) is 0.503. The Bertz CT molecular complexity index is 797. The van der Waals surface area contributed by atoms with Crippen molar-refractivity contribution in [3.05, 3.63) is 35.6 Å².